The van der Waals surface area contributed by atoms with Gasteiger partial charge in [-0.15, -0.1) is 11.8 Å². The molecule has 1 amide bonds. The molecular formula is C13H20N2O. The van der Waals surface area contributed by atoms with Crippen LogP contribution >= 0.6 is 0 Å². The third-order valence-corrected chi connectivity index (χ3v) is 3.23. The minimum absolute atomic E-state index is 0.0795. The molecule has 16 heavy (non-hydrogen) atoms. The van der Waals surface area contributed by atoms with Crippen molar-refractivity contribution in [1.29, 1.82) is 0 Å². The average Bonchev–Trinajstić information content (AvgIpc) is 3.08. The summed E-state index contributed by atoms with van der Waals surface area (Å²) in [7, 11) is 0. The number of nitrogens with zero attached hydrogens (tertiary/aromatic N) is 1. The summed E-state index contributed by atoms with van der Waals surface area (Å²) in [5.74, 6) is 6.18. The first kappa shape index (κ1) is 11.5. The van der Waals surface area contributed by atoms with E-state index in [1.807, 2.05) is 11.8 Å². The van der Waals surface area contributed by atoms with Crippen molar-refractivity contribution in [1.82, 2.24) is 10.2 Å². The minimum atomic E-state index is 0.0795. The maximum absolute atomic E-state index is 12.1. The Labute approximate surface area is 97.6 Å². The monoisotopic (exact) mass is 220 g/mol. The summed E-state index contributed by atoms with van der Waals surface area (Å²) in [6.07, 6.45) is 5.41. The van der Waals surface area contributed by atoms with Crippen LogP contribution in [0.3, 0.4) is 0 Å². The van der Waals surface area contributed by atoms with Crippen LogP contribution in [-0.4, -0.2) is 36.0 Å². The standard InChI is InChI=1S/C13H20N2O/c1-2-3-4-9-15-10-5-6-12(13(15)16)14-11-7-8-11/h11-12,14H,4-10H2,1H3. The number of hydrogen-bond acceptors (Lipinski definition) is 2. The molecule has 0 bridgehead atoms. The smallest absolute Gasteiger partial charge is 0.239 e. The van der Waals surface area contributed by atoms with E-state index in [-0.39, 0.29) is 11.9 Å². The van der Waals surface area contributed by atoms with E-state index in [4.69, 9.17) is 0 Å². The van der Waals surface area contributed by atoms with Crippen LogP contribution in [0.4, 0.5) is 0 Å². The van der Waals surface area contributed by atoms with Crippen molar-refractivity contribution in [2.75, 3.05) is 13.1 Å². The third kappa shape index (κ3) is 2.99. The highest BCUT2D eigenvalue weighted by atomic mass is 16.2. The Hall–Kier alpha value is -1.01. The first-order valence-corrected chi connectivity index (χ1v) is 6.25. The Morgan fingerprint density at radius 2 is 2.25 bits per heavy atom. The number of likely N-dealkylation sites (tertiary alicyclic amines) is 1. The van der Waals surface area contributed by atoms with Gasteiger partial charge < -0.3 is 10.2 Å². The molecule has 1 unspecified atom stereocenters. The molecule has 88 valence electrons. The highest BCUT2D eigenvalue weighted by molar-refractivity contribution is 5.82. The van der Waals surface area contributed by atoms with Crippen LogP contribution in [0.25, 0.3) is 0 Å². The first-order chi connectivity index (χ1) is 7.81. The second-order valence-electron chi connectivity index (χ2n) is 4.64. The lowest BCUT2D eigenvalue weighted by atomic mass is 10.0. The summed E-state index contributed by atoms with van der Waals surface area (Å²) >= 11 is 0. The lowest BCUT2D eigenvalue weighted by molar-refractivity contribution is -0.135. The van der Waals surface area contributed by atoms with Crippen molar-refractivity contribution in [2.24, 2.45) is 0 Å². The number of amides is 1. The Morgan fingerprint density at radius 3 is 2.94 bits per heavy atom. The van der Waals surface area contributed by atoms with Crippen molar-refractivity contribution in [3.8, 4) is 11.8 Å². The Balaban J connectivity index is 1.82. The average molecular weight is 220 g/mol. The number of carbonyl (C=O) groups excluding carboxylic acids is 1. The molecule has 1 aliphatic heterocycles. The lowest BCUT2D eigenvalue weighted by Gasteiger charge is -2.32. The molecule has 0 spiro atoms. The van der Waals surface area contributed by atoms with Crippen LogP contribution in [0.5, 0.6) is 0 Å². The number of piperidine rings is 1. The predicted molar refractivity (Wildman–Crippen MR) is 63.8 cm³/mol. The van der Waals surface area contributed by atoms with Gasteiger partial charge in [0, 0.05) is 25.6 Å². The van der Waals surface area contributed by atoms with E-state index in [1.165, 1.54) is 12.8 Å². The number of rotatable bonds is 4. The summed E-state index contributed by atoms with van der Waals surface area (Å²) in [5.41, 5.74) is 0. The first-order valence-electron chi connectivity index (χ1n) is 6.25. The van der Waals surface area contributed by atoms with Gasteiger partial charge in [-0.1, -0.05) is 0 Å². The molecule has 1 N–H and O–H groups in total. The van der Waals surface area contributed by atoms with Crippen molar-refractivity contribution >= 4 is 5.91 Å². The van der Waals surface area contributed by atoms with Gasteiger partial charge >= 0.3 is 0 Å². The fraction of sp³-hybridized carbons (Fsp3) is 0.769. The van der Waals surface area contributed by atoms with Gasteiger partial charge in [0.05, 0.1) is 6.04 Å². The maximum Gasteiger partial charge on any atom is 0.239 e. The second kappa shape index (κ2) is 5.36. The molecule has 2 rings (SSSR count). The van der Waals surface area contributed by atoms with Gasteiger partial charge in [-0.05, 0) is 32.6 Å². The van der Waals surface area contributed by atoms with Crippen LogP contribution in [0.1, 0.15) is 39.0 Å². The Morgan fingerprint density at radius 1 is 1.44 bits per heavy atom. The van der Waals surface area contributed by atoms with Gasteiger partial charge in [-0.3, -0.25) is 4.79 Å². The molecule has 0 aromatic rings. The number of carbonyl (C=O) groups is 1. The molecule has 2 fully saturated rings. The number of nitrogens with one attached hydrogen (secondary N) is 1. The Kier molecular flexibility index (Phi) is 3.84. The largest absolute Gasteiger partial charge is 0.340 e. The van der Waals surface area contributed by atoms with E-state index in [0.29, 0.717) is 6.04 Å². The quantitative estimate of drug-likeness (QED) is 0.721. The second-order valence-corrected chi connectivity index (χ2v) is 4.64. The van der Waals surface area contributed by atoms with Gasteiger partial charge in [0.25, 0.3) is 0 Å². The van der Waals surface area contributed by atoms with E-state index in [9.17, 15) is 4.79 Å². The third-order valence-electron chi connectivity index (χ3n) is 3.23. The molecule has 3 heteroatoms. The van der Waals surface area contributed by atoms with Crippen LogP contribution in [0, 0.1) is 11.8 Å². The van der Waals surface area contributed by atoms with Crippen LogP contribution in [0.2, 0.25) is 0 Å². The van der Waals surface area contributed by atoms with E-state index < -0.39 is 0 Å². The zero-order valence-corrected chi connectivity index (χ0v) is 9.96. The van der Waals surface area contributed by atoms with Gasteiger partial charge in [0.15, 0.2) is 0 Å². The molecule has 0 aromatic carbocycles. The molecule has 1 aliphatic carbocycles. The molecule has 1 atom stereocenters. The van der Waals surface area contributed by atoms with Crippen LogP contribution < -0.4 is 5.32 Å². The highest BCUT2D eigenvalue weighted by Crippen LogP contribution is 2.22. The van der Waals surface area contributed by atoms with E-state index in [0.717, 1.165) is 32.4 Å². The molecule has 0 radical (unpaired) electrons. The SMILES string of the molecule is CC#CCCN1CCCC(NC2CC2)C1=O. The zero-order chi connectivity index (χ0) is 11.4. The lowest BCUT2D eigenvalue weighted by Crippen LogP contribution is -2.51. The molecule has 3 nitrogen and oxygen atoms in total. The van der Waals surface area contributed by atoms with E-state index in [2.05, 4.69) is 17.2 Å². The fourth-order valence-electron chi connectivity index (χ4n) is 2.17. The van der Waals surface area contributed by atoms with Crippen molar-refractivity contribution in [3.63, 3.8) is 0 Å². The molecule has 0 aromatic heterocycles. The van der Waals surface area contributed by atoms with Gasteiger partial charge in [0.1, 0.15) is 0 Å². The highest BCUT2D eigenvalue weighted by Gasteiger charge is 2.32. The Bertz CT molecular complexity index is 312. The summed E-state index contributed by atoms with van der Waals surface area (Å²) in [4.78, 5) is 14.1. The van der Waals surface area contributed by atoms with E-state index >= 15 is 0 Å². The summed E-state index contributed by atoms with van der Waals surface area (Å²) < 4.78 is 0. The summed E-state index contributed by atoms with van der Waals surface area (Å²) in [5, 5.41) is 3.44. The molecule has 2 aliphatic rings. The van der Waals surface area contributed by atoms with E-state index in [1.54, 1.807) is 0 Å². The molecule has 1 saturated carbocycles. The fourth-order valence-corrected chi connectivity index (χ4v) is 2.17. The van der Waals surface area contributed by atoms with Gasteiger partial charge in [-0.2, -0.15) is 0 Å². The van der Waals surface area contributed by atoms with Crippen molar-refractivity contribution in [2.45, 2.75) is 51.1 Å². The maximum atomic E-state index is 12.1. The van der Waals surface area contributed by atoms with Crippen molar-refractivity contribution < 1.29 is 4.79 Å². The summed E-state index contributed by atoms with van der Waals surface area (Å²) in [6.45, 7) is 3.55. The molecule has 1 saturated heterocycles. The minimum Gasteiger partial charge on any atom is -0.340 e. The van der Waals surface area contributed by atoms with Crippen molar-refractivity contribution in [3.05, 3.63) is 0 Å². The molecule has 1 heterocycles. The topological polar surface area (TPSA) is 32.3 Å². The van der Waals surface area contributed by atoms with Crippen LogP contribution in [-0.2, 0) is 4.79 Å². The summed E-state index contributed by atoms with van der Waals surface area (Å²) in [6, 6.07) is 0.695. The van der Waals surface area contributed by atoms with Gasteiger partial charge in [0.2, 0.25) is 5.91 Å². The normalized spacial score (nSPS) is 25.2. The molecular weight excluding hydrogens is 200 g/mol. The van der Waals surface area contributed by atoms with Crippen LogP contribution in [0.15, 0.2) is 0 Å². The number of hydrogen-bond donors (Lipinski definition) is 1. The predicted octanol–water partition coefficient (Wildman–Crippen LogP) is 1.14. The zero-order valence-electron chi connectivity index (χ0n) is 9.96. The van der Waals surface area contributed by atoms with Gasteiger partial charge in [-0.25, -0.2) is 0 Å².